The van der Waals surface area contributed by atoms with Crippen molar-refractivity contribution in [1.29, 1.82) is 0 Å². The molecule has 0 aromatic heterocycles. The number of esters is 2. The normalized spacial score (nSPS) is 12.7. The van der Waals surface area contributed by atoms with Gasteiger partial charge in [-0.2, -0.15) is 0 Å². The van der Waals surface area contributed by atoms with Crippen LogP contribution in [0.25, 0.3) is 0 Å². The largest absolute Gasteiger partial charge is 0.466 e. The average molecular weight is 328 g/mol. The van der Waals surface area contributed by atoms with Gasteiger partial charge in [-0.25, -0.2) is 0 Å². The molecule has 0 radical (unpaired) electrons. The van der Waals surface area contributed by atoms with Crippen molar-refractivity contribution in [3.8, 4) is 0 Å². The van der Waals surface area contributed by atoms with Crippen LogP contribution in [0.4, 0.5) is 0 Å². The maximum atomic E-state index is 11.7. The van der Waals surface area contributed by atoms with Crippen molar-refractivity contribution < 1.29 is 19.1 Å². The van der Waals surface area contributed by atoms with Crippen LogP contribution in [0.5, 0.6) is 0 Å². The highest BCUT2D eigenvalue weighted by Gasteiger charge is 2.23. The Morgan fingerprint density at radius 3 is 1.96 bits per heavy atom. The first kappa shape index (κ1) is 21.9. The SMILES string of the molecule is CCCCCCCCCOC(=O)CCC(=O)OC(C)C(C)(C)C. The van der Waals surface area contributed by atoms with Crippen LogP contribution in [0.3, 0.4) is 0 Å². The Balaban J connectivity index is 3.58. The van der Waals surface area contributed by atoms with E-state index in [1.807, 2.05) is 27.7 Å². The Kier molecular flexibility index (Phi) is 11.8. The molecule has 0 amide bonds. The van der Waals surface area contributed by atoms with Gasteiger partial charge in [0.1, 0.15) is 6.10 Å². The average Bonchev–Trinajstić information content (AvgIpc) is 2.47. The second kappa shape index (κ2) is 12.4. The van der Waals surface area contributed by atoms with Crippen LogP contribution in [-0.4, -0.2) is 24.6 Å². The van der Waals surface area contributed by atoms with E-state index in [1.54, 1.807) is 0 Å². The zero-order valence-corrected chi connectivity index (χ0v) is 15.8. The molecule has 0 rings (SSSR count). The summed E-state index contributed by atoms with van der Waals surface area (Å²) in [5, 5.41) is 0. The number of carbonyl (C=O) groups excluding carboxylic acids is 2. The van der Waals surface area contributed by atoms with Crippen molar-refractivity contribution in [1.82, 2.24) is 0 Å². The van der Waals surface area contributed by atoms with Gasteiger partial charge in [0.15, 0.2) is 0 Å². The minimum atomic E-state index is -0.333. The maximum absolute atomic E-state index is 11.7. The third-order valence-electron chi connectivity index (χ3n) is 4.07. The van der Waals surface area contributed by atoms with Crippen LogP contribution in [0.1, 0.15) is 92.4 Å². The van der Waals surface area contributed by atoms with E-state index in [1.165, 1.54) is 32.1 Å². The smallest absolute Gasteiger partial charge is 0.306 e. The zero-order chi connectivity index (χ0) is 17.7. The number of hydrogen-bond acceptors (Lipinski definition) is 4. The lowest BCUT2D eigenvalue weighted by Crippen LogP contribution is -2.28. The summed E-state index contributed by atoms with van der Waals surface area (Å²) in [6, 6.07) is 0. The van der Waals surface area contributed by atoms with Crippen molar-refractivity contribution in [3.63, 3.8) is 0 Å². The van der Waals surface area contributed by atoms with Gasteiger partial charge < -0.3 is 9.47 Å². The molecule has 0 N–H and O–H groups in total. The van der Waals surface area contributed by atoms with Gasteiger partial charge in [-0.15, -0.1) is 0 Å². The summed E-state index contributed by atoms with van der Waals surface area (Å²) in [4.78, 5) is 23.3. The molecule has 0 aliphatic heterocycles. The first-order chi connectivity index (χ1) is 10.8. The molecule has 4 nitrogen and oxygen atoms in total. The van der Waals surface area contributed by atoms with Crippen LogP contribution < -0.4 is 0 Å². The molecule has 0 aromatic carbocycles. The minimum absolute atomic E-state index is 0.0900. The van der Waals surface area contributed by atoms with Gasteiger partial charge in [-0.05, 0) is 18.8 Å². The van der Waals surface area contributed by atoms with E-state index in [0.717, 1.165) is 12.8 Å². The van der Waals surface area contributed by atoms with E-state index >= 15 is 0 Å². The summed E-state index contributed by atoms with van der Waals surface area (Å²) in [5.74, 6) is -0.642. The highest BCUT2D eigenvalue weighted by Crippen LogP contribution is 2.22. The van der Waals surface area contributed by atoms with Crippen LogP contribution >= 0.6 is 0 Å². The lowest BCUT2D eigenvalue weighted by Gasteiger charge is -2.26. The maximum Gasteiger partial charge on any atom is 0.306 e. The molecule has 0 aliphatic carbocycles. The molecule has 0 spiro atoms. The minimum Gasteiger partial charge on any atom is -0.466 e. The van der Waals surface area contributed by atoms with Gasteiger partial charge >= 0.3 is 11.9 Å². The standard InChI is InChI=1S/C19H36O4/c1-6-7-8-9-10-11-12-15-22-17(20)13-14-18(21)23-16(2)19(3,4)5/h16H,6-15H2,1-5H3. The highest BCUT2D eigenvalue weighted by molar-refractivity contribution is 5.77. The highest BCUT2D eigenvalue weighted by atomic mass is 16.5. The molecule has 1 atom stereocenters. The summed E-state index contributed by atoms with van der Waals surface area (Å²) in [6.07, 6.45) is 8.36. The van der Waals surface area contributed by atoms with E-state index in [2.05, 4.69) is 6.92 Å². The number of unbranched alkanes of at least 4 members (excludes halogenated alkanes) is 6. The molecular weight excluding hydrogens is 292 g/mol. The number of rotatable bonds is 12. The molecule has 0 aromatic rings. The Hall–Kier alpha value is -1.06. The van der Waals surface area contributed by atoms with Crippen molar-refractivity contribution in [3.05, 3.63) is 0 Å². The lowest BCUT2D eigenvalue weighted by molar-refractivity contribution is -0.156. The van der Waals surface area contributed by atoms with E-state index in [4.69, 9.17) is 9.47 Å². The molecule has 0 bridgehead atoms. The Bertz CT molecular complexity index is 331. The predicted molar refractivity (Wildman–Crippen MR) is 93.2 cm³/mol. The van der Waals surface area contributed by atoms with Crippen molar-refractivity contribution in [2.75, 3.05) is 6.61 Å². The fourth-order valence-electron chi connectivity index (χ4n) is 1.95. The van der Waals surface area contributed by atoms with Crippen molar-refractivity contribution in [2.24, 2.45) is 5.41 Å². The van der Waals surface area contributed by atoms with Gasteiger partial charge in [0, 0.05) is 0 Å². The third-order valence-corrected chi connectivity index (χ3v) is 4.07. The molecule has 0 aliphatic rings. The summed E-state index contributed by atoms with van der Waals surface area (Å²) < 4.78 is 10.5. The van der Waals surface area contributed by atoms with E-state index < -0.39 is 0 Å². The van der Waals surface area contributed by atoms with Gasteiger partial charge in [0.2, 0.25) is 0 Å². The second-order valence-electron chi connectivity index (χ2n) is 7.34. The summed E-state index contributed by atoms with van der Waals surface area (Å²) in [5.41, 5.74) is -0.0900. The molecule has 1 unspecified atom stereocenters. The van der Waals surface area contributed by atoms with Gasteiger partial charge in [-0.1, -0.05) is 66.2 Å². The molecule has 4 heteroatoms. The molecule has 23 heavy (non-hydrogen) atoms. The van der Waals surface area contributed by atoms with E-state index in [0.29, 0.717) is 6.61 Å². The molecule has 0 fully saturated rings. The monoisotopic (exact) mass is 328 g/mol. The van der Waals surface area contributed by atoms with Crippen molar-refractivity contribution in [2.45, 2.75) is 98.5 Å². The first-order valence-corrected chi connectivity index (χ1v) is 9.12. The summed E-state index contributed by atoms with van der Waals surface area (Å²) in [7, 11) is 0. The molecule has 136 valence electrons. The van der Waals surface area contributed by atoms with Crippen molar-refractivity contribution >= 4 is 11.9 Å². The topological polar surface area (TPSA) is 52.6 Å². The van der Waals surface area contributed by atoms with E-state index in [9.17, 15) is 9.59 Å². The van der Waals surface area contributed by atoms with Gasteiger partial charge in [-0.3, -0.25) is 9.59 Å². The molecule has 0 heterocycles. The summed E-state index contributed by atoms with van der Waals surface area (Å²) in [6.45, 7) is 10.6. The Morgan fingerprint density at radius 1 is 0.870 bits per heavy atom. The Labute approximate surface area is 142 Å². The fourth-order valence-corrected chi connectivity index (χ4v) is 1.95. The van der Waals surface area contributed by atoms with Gasteiger partial charge in [0.05, 0.1) is 19.4 Å². The Morgan fingerprint density at radius 2 is 1.39 bits per heavy atom. The van der Waals surface area contributed by atoms with Crippen LogP contribution in [0.2, 0.25) is 0 Å². The number of ether oxygens (including phenoxy) is 2. The molecule has 0 saturated heterocycles. The van der Waals surface area contributed by atoms with Crippen LogP contribution in [-0.2, 0) is 19.1 Å². The predicted octanol–water partition coefficient (Wildman–Crippen LogP) is 5.04. The fraction of sp³-hybridized carbons (Fsp3) is 0.895. The number of carbonyl (C=O) groups is 2. The second-order valence-corrected chi connectivity index (χ2v) is 7.34. The zero-order valence-electron chi connectivity index (χ0n) is 15.8. The molecular formula is C19H36O4. The van der Waals surface area contributed by atoms with Gasteiger partial charge in [0.25, 0.3) is 0 Å². The van der Waals surface area contributed by atoms with Crippen LogP contribution in [0, 0.1) is 5.41 Å². The van der Waals surface area contributed by atoms with E-state index in [-0.39, 0.29) is 36.3 Å². The van der Waals surface area contributed by atoms with Crippen LogP contribution in [0.15, 0.2) is 0 Å². The lowest BCUT2D eigenvalue weighted by atomic mass is 9.90. The molecule has 0 saturated carbocycles. The number of hydrogen-bond donors (Lipinski definition) is 0. The summed E-state index contributed by atoms with van der Waals surface area (Å²) >= 11 is 0. The first-order valence-electron chi connectivity index (χ1n) is 9.12. The quantitative estimate of drug-likeness (QED) is 0.372. The third kappa shape index (κ3) is 13.1.